The van der Waals surface area contributed by atoms with Gasteiger partial charge < -0.3 is 9.64 Å². The molecule has 3 heteroatoms. The largest absolute Gasteiger partial charge is 0.362 e. The van der Waals surface area contributed by atoms with Gasteiger partial charge in [0.15, 0.2) is 5.78 Å². The molecule has 92 valence electrons. The van der Waals surface area contributed by atoms with Crippen molar-refractivity contribution < 1.29 is 9.53 Å². The third kappa shape index (κ3) is 4.06. The lowest BCUT2D eigenvalue weighted by Gasteiger charge is -2.28. The van der Waals surface area contributed by atoms with Crippen molar-refractivity contribution in [1.82, 2.24) is 4.90 Å². The van der Waals surface area contributed by atoms with Crippen LogP contribution in [-0.2, 0) is 9.53 Å². The zero-order chi connectivity index (χ0) is 12.1. The number of ketones is 1. The molecule has 0 bridgehead atoms. The zero-order valence-corrected chi connectivity index (χ0v) is 10.7. The van der Waals surface area contributed by atoms with Gasteiger partial charge in [0.25, 0.3) is 0 Å². The van der Waals surface area contributed by atoms with Gasteiger partial charge in [-0.05, 0) is 40.3 Å². The monoisotopic (exact) mass is 225 g/mol. The van der Waals surface area contributed by atoms with Crippen LogP contribution >= 0.6 is 0 Å². The van der Waals surface area contributed by atoms with Crippen LogP contribution in [-0.4, -0.2) is 43.5 Å². The Bertz CT molecular complexity index is 261. The number of rotatable bonds is 5. The molecule has 16 heavy (non-hydrogen) atoms. The number of ether oxygens (including phenoxy) is 1. The van der Waals surface area contributed by atoms with Crippen molar-refractivity contribution in [1.29, 1.82) is 0 Å². The Morgan fingerprint density at radius 3 is 2.75 bits per heavy atom. The average Bonchev–Trinajstić information content (AvgIpc) is 2.19. The summed E-state index contributed by atoms with van der Waals surface area (Å²) in [5.74, 6) is 0.260. The molecule has 0 saturated heterocycles. The highest BCUT2D eigenvalue weighted by molar-refractivity contribution is 5.83. The van der Waals surface area contributed by atoms with E-state index in [1.165, 1.54) is 0 Å². The molecule has 3 nitrogen and oxygen atoms in total. The minimum atomic E-state index is -0.199. The van der Waals surface area contributed by atoms with Gasteiger partial charge in [-0.2, -0.15) is 0 Å². The Morgan fingerprint density at radius 2 is 2.25 bits per heavy atom. The van der Waals surface area contributed by atoms with Gasteiger partial charge in [0, 0.05) is 13.0 Å². The summed E-state index contributed by atoms with van der Waals surface area (Å²) >= 11 is 0. The van der Waals surface area contributed by atoms with Gasteiger partial charge in [0.1, 0.15) is 6.10 Å². The van der Waals surface area contributed by atoms with E-state index < -0.39 is 0 Å². The number of carbonyl (C=O) groups is 1. The summed E-state index contributed by atoms with van der Waals surface area (Å²) < 4.78 is 5.89. The summed E-state index contributed by atoms with van der Waals surface area (Å²) in [5.41, 5.74) is 0.993. The van der Waals surface area contributed by atoms with Gasteiger partial charge >= 0.3 is 0 Å². The molecule has 1 aliphatic rings. The fourth-order valence-electron chi connectivity index (χ4n) is 1.94. The van der Waals surface area contributed by atoms with E-state index in [2.05, 4.69) is 11.5 Å². The first-order chi connectivity index (χ1) is 7.50. The first kappa shape index (κ1) is 13.4. The molecule has 0 aromatic heterocycles. The van der Waals surface area contributed by atoms with Crippen molar-refractivity contribution in [2.75, 3.05) is 20.6 Å². The average molecular weight is 225 g/mol. The minimum absolute atomic E-state index is 0.0259. The van der Waals surface area contributed by atoms with Gasteiger partial charge in [-0.3, -0.25) is 4.79 Å². The minimum Gasteiger partial charge on any atom is -0.362 e. The van der Waals surface area contributed by atoms with Gasteiger partial charge in [-0.1, -0.05) is 12.2 Å². The second-order valence-corrected chi connectivity index (χ2v) is 4.93. The first-order valence-corrected chi connectivity index (χ1v) is 5.99. The summed E-state index contributed by atoms with van der Waals surface area (Å²) in [6.07, 6.45) is 3.44. The zero-order valence-electron chi connectivity index (χ0n) is 10.7. The molecular formula is C13H23NO2. The number of likely N-dealkylation sites (N-methyl/N-ethyl adjacent to an activating group) is 1. The Kier molecular flexibility index (Phi) is 5.16. The summed E-state index contributed by atoms with van der Waals surface area (Å²) in [5, 5.41) is 0. The molecular weight excluding hydrogens is 202 g/mol. The van der Waals surface area contributed by atoms with Crippen LogP contribution in [0.1, 0.15) is 32.6 Å². The van der Waals surface area contributed by atoms with Crippen LogP contribution in [0.3, 0.4) is 0 Å². The number of Topliss-reactive ketones (excluding diaryl/α,β-unsaturated/α-hetero) is 1. The molecule has 0 radical (unpaired) electrons. The Labute approximate surface area is 98.5 Å². The molecule has 2 atom stereocenters. The van der Waals surface area contributed by atoms with Crippen LogP contribution in [0, 0.1) is 0 Å². The summed E-state index contributed by atoms with van der Waals surface area (Å²) in [7, 11) is 4.00. The highest BCUT2D eigenvalue weighted by Crippen LogP contribution is 2.20. The van der Waals surface area contributed by atoms with Gasteiger partial charge in [-0.15, -0.1) is 0 Å². The number of nitrogens with zero attached hydrogens (tertiary/aromatic N) is 1. The summed E-state index contributed by atoms with van der Waals surface area (Å²) in [6.45, 7) is 6.69. The van der Waals surface area contributed by atoms with E-state index >= 15 is 0 Å². The van der Waals surface area contributed by atoms with E-state index in [1.807, 2.05) is 21.0 Å². The molecule has 1 saturated carbocycles. The molecule has 2 unspecified atom stereocenters. The molecule has 1 rings (SSSR count). The normalized spacial score (nSPS) is 23.5. The van der Waals surface area contributed by atoms with E-state index in [0.717, 1.165) is 31.4 Å². The van der Waals surface area contributed by atoms with Crippen molar-refractivity contribution in [2.45, 2.75) is 44.8 Å². The topological polar surface area (TPSA) is 29.5 Å². The maximum absolute atomic E-state index is 11.7. The molecule has 0 heterocycles. The fraction of sp³-hybridized carbons (Fsp3) is 0.769. The molecule has 0 aliphatic heterocycles. The van der Waals surface area contributed by atoms with Crippen LogP contribution in [0.25, 0.3) is 0 Å². The van der Waals surface area contributed by atoms with Gasteiger partial charge in [0.05, 0.1) is 6.10 Å². The van der Waals surface area contributed by atoms with E-state index in [1.54, 1.807) is 0 Å². The van der Waals surface area contributed by atoms with E-state index in [0.29, 0.717) is 6.42 Å². The molecule has 0 amide bonds. The maximum atomic E-state index is 11.7. The van der Waals surface area contributed by atoms with Gasteiger partial charge in [-0.25, -0.2) is 0 Å². The lowest BCUT2D eigenvalue weighted by atomic mass is 9.96. The first-order valence-electron chi connectivity index (χ1n) is 5.99. The molecule has 0 N–H and O–H groups in total. The smallest absolute Gasteiger partial charge is 0.161 e. The van der Waals surface area contributed by atoms with Crippen LogP contribution in [0.4, 0.5) is 0 Å². The third-order valence-electron chi connectivity index (χ3n) is 2.91. The SMILES string of the molecule is C=C(C)C(CN(C)C)OC1CCCCC1=O. The molecule has 0 aromatic carbocycles. The van der Waals surface area contributed by atoms with Crippen molar-refractivity contribution in [3.63, 3.8) is 0 Å². The Morgan fingerprint density at radius 1 is 1.56 bits per heavy atom. The number of hydrogen-bond acceptors (Lipinski definition) is 3. The Balaban J connectivity index is 2.52. The molecule has 1 fully saturated rings. The van der Waals surface area contributed by atoms with Gasteiger partial charge in [0.2, 0.25) is 0 Å². The van der Waals surface area contributed by atoms with Crippen molar-refractivity contribution in [2.24, 2.45) is 0 Å². The third-order valence-corrected chi connectivity index (χ3v) is 2.91. The van der Waals surface area contributed by atoms with Crippen molar-refractivity contribution in [3.8, 4) is 0 Å². The summed E-state index contributed by atoms with van der Waals surface area (Å²) in [4.78, 5) is 13.7. The van der Waals surface area contributed by atoms with Crippen LogP contribution in [0.2, 0.25) is 0 Å². The predicted molar refractivity (Wildman–Crippen MR) is 65.5 cm³/mol. The van der Waals surface area contributed by atoms with E-state index in [-0.39, 0.29) is 18.0 Å². The van der Waals surface area contributed by atoms with Crippen LogP contribution in [0.15, 0.2) is 12.2 Å². The number of hydrogen-bond donors (Lipinski definition) is 0. The fourth-order valence-corrected chi connectivity index (χ4v) is 1.94. The highest BCUT2D eigenvalue weighted by atomic mass is 16.5. The maximum Gasteiger partial charge on any atom is 0.161 e. The standard InChI is InChI=1S/C13H23NO2/c1-10(2)13(9-14(3)4)16-12-8-6-5-7-11(12)15/h12-13H,1,5-9H2,2-4H3. The van der Waals surface area contributed by atoms with E-state index in [4.69, 9.17) is 4.74 Å². The molecule has 1 aliphatic carbocycles. The molecule has 0 aromatic rings. The quantitative estimate of drug-likeness (QED) is 0.670. The summed E-state index contributed by atoms with van der Waals surface area (Å²) in [6, 6.07) is 0. The number of carbonyl (C=O) groups excluding carboxylic acids is 1. The lowest BCUT2D eigenvalue weighted by molar-refractivity contribution is -0.136. The highest BCUT2D eigenvalue weighted by Gasteiger charge is 2.26. The van der Waals surface area contributed by atoms with Crippen LogP contribution < -0.4 is 0 Å². The molecule has 0 spiro atoms. The Hall–Kier alpha value is -0.670. The van der Waals surface area contributed by atoms with E-state index in [9.17, 15) is 4.79 Å². The second-order valence-electron chi connectivity index (χ2n) is 4.93. The van der Waals surface area contributed by atoms with Crippen molar-refractivity contribution in [3.05, 3.63) is 12.2 Å². The lowest BCUT2D eigenvalue weighted by Crippen LogP contribution is -2.37. The predicted octanol–water partition coefficient (Wildman–Crippen LogP) is 2.02. The van der Waals surface area contributed by atoms with Crippen LogP contribution in [0.5, 0.6) is 0 Å². The van der Waals surface area contributed by atoms with Crippen molar-refractivity contribution >= 4 is 5.78 Å². The second kappa shape index (κ2) is 6.16.